The number of rotatable bonds is 6. The zero-order valence-electron chi connectivity index (χ0n) is 18.4. The highest BCUT2D eigenvalue weighted by Crippen LogP contribution is 2.35. The molecule has 0 bridgehead atoms. The first kappa shape index (κ1) is 21.1. The Balaban J connectivity index is 1.41. The van der Waals surface area contributed by atoms with E-state index in [0.29, 0.717) is 17.4 Å². The molecule has 5 nitrogen and oxygen atoms in total. The zero-order chi connectivity index (χ0) is 22.8. The number of benzene rings is 2. The van der Waals surface area contributed by atoms with Gasteiger partial charge < -0.3 is 9.73 Å². The molecule has 0 saturated carbocycles. The number of nitrogens with one attached hydrogen (secondary N) is 1. The highest BCUT2D eigenvalue weighted by molar-refractivity contribution is 7.21. The fourth-order valence-electron chi connectivity index (χ4n) is 3.70. The predicted molar refractivity (Wildman–Crippen MR) is 133 cm³/mol. The van der Waals surface area contributed by atoms with E-state index < -0.39 is 0 Å². The van der Waals surface area contributed by atoms with E-state index in [2.05, 4.69) is 30.2 Å². The van der Waals surface area contributed by atoms with E-state index in [1.54, 1.807) is 17.4 Å². The van der Waals surface area contributed by atoms with Gasteiger partial charge in [-0.1, -0.05) is 56.3 Å². The second-order valence-corrected chi connectivity index (χ2v) is 9.32. The number of amides is 1. The average Bonchev–Trinajstić information content (AvgIpc) is 3.47. The van der Waals surface area contributed by atoms with Gasteiger partial charge in [0.15, 0.2) is 5.76 Å². The lowest BCUT2D eigenvalue weighted by Gasteiger charge is -2.08. The summed E-state index contributed by atoms with van der Waals surface area (Å²) in [6.07, 6.45) is 2.81. The molecule has 1 N–H and O–H groups in total. The number of hydrogen-bond acceptors (Lipinski definition) is 5. The Morgan fingerprint density at radius 1 is 1.03 bits per heavy atom. The highest BCUT2D eigenvalue weighted by atomic mass is 32.1. The number of anilines is 1. The van der Waals surface area contributed by atoms with Gasteiger partial charge in [-0.25, -0.2) is 4.98 Å². The van der Waals surface area contributed by atoms with Gasteiger partial charge in [-0.3, -0.25) is 9.78 Å². The minimum absolute atomic E-state index is 0.260. The fourth-order valence-corrected chi connectivity index (χ4v) is 4.66. The molecule has 33 heavy (non-hydrogen) atoms. The van der Waals surface area contributed by atoms with Crippen LogP contribution >= 0.6 is 11.3 Å². The molecule has 3 heterocycles. The number of carbonyl (C=O) groups excluding carboxylic acids is 1. The maximum atomic E-state index is 12.9. The van der Waals surface area contributed by atoms with Crippen LogP contribution in [-0.4, -0.2) is 15.9 Å². The molecule has 0 aliphatic rings. The van der Waals surface area contributed by atoms with Gasteiger partial charge in [-0.05, 0) is 42.7 Å². The summed E-state index contributed by atoms with van der Waals surface area (Å²) in [5, 5.41) is 3.83. The van der Waals surface area contributed by atoms with Gasteiger partial charge in [0.05, 0.1) is 15.9 Å². The Kier molecular flexibility index (Phi) is 5.75. The summed E-state index contributed by atoms with van der Waals surface area (Å²) < 4.78 is 6.83. The zero-order valence-corrected chi connectivity index (χ0v) is 19.2. The SMILES string of the molecule is CC(C)Cc1cc2nc(-c3ccccc3NC(=O)c3ccc(-c4ccccc4)o3)sc2cn1. The topological polar surface area (TPSA) is 68.0 Å². The van der Waals surface area contributed by atoms with E-state index in [1.807, 2.05) is 66.9 Å². The summed E-state index contributed by atoms with van der Waals surface area (Å²) in [4.78, 5) is 22.3. The van der Waals surface area contributed by atoms with Crippen molar-refractivity contribution in [3.8, 4) is 21.9 Å². The Hall–Kier alpha value is -3.77. The van der Waals surface area contributed by atoms with E-state index >= 15 is 0 Å². The fraction of sp³-hybridized carbons (Fsp3) is 0.148. The molecular formula is C27H23N3O2S. The lowest BCUT2D eigenvalue weighted by atomic mass is 10.1. The molecule has 0 saturated heterocycles. The molecule has 164 valence electrons. The van der Waals surface area contributed by atoms with Crippen LogP contribution in [-0.2, 0) is 6.42 Å². The van der Waals surface area contributed by atoms with Gasteiger partial charge in [-0.15, -0.1) is 11.3 Å². The molecule has 0 aliphatic carbocycles. The number of aromatic nitrogens is 2. The summed E-state index contributed by atoms with van der Waals surface area (Å²) >= 11 is 1.57. The van der Waals surface area contributed by atoms with Crippen LogP contribution in [0.1, 0.15) is 30.1 Å². The highest BCUT2D eigenvalue weighted by Gasteiger charge is 2.17. The van der Waals surface area contributed by atoms with Crippen LogP contribution < -0.4 is 5.32 Å². The van der Waals surface area contributed by atoms with Crippen molar-refractivity contribution in [2.45, 2.75) is 20.3 Å². The molecule has 0 atom stereocenters. The summed E-state index contributed by atoms with van der Waals surface area (Å²) in [6.45, 7) is 4.36. The molecule has 0 fully saturated rings. The number of furan rings is 1. The first-order chi connectivity index (χ1) is 16.1. The molecule has 5 aromatic rings. The van der Waals surface area contributed by atoms with Crippen LogP contribution in [0.4, 0.5) is 5.69 Å². The Bertz CT molecular complexity index is 1420. The van der Waals surface area contributed by atoms with Crippen molar-refractivity contribution in [2.75, 3.05) is 5.32 Å². The van der Waals surface area contributed by atoms with Gasteiger partial charge in [0.2, 0.25) is 0 Å². The number of para-hydroxylation sites is 1. The molecule has 0 spiro atoms. The molecule has 0 radical (unpaired) electrons. The second kappa shape index (κ2) is 9.00. The molecule has 6 heteroatoms. The third-order valence-corrected chi connectivity index (χ3v) is 6.28. The molecule has 5 rings (SSSR count). The van der Waals surface area contributed by atoms with Crippen molar-refractivity contribution in [1.29, 1.82) is 0 Å². The van der Waals surface area contributed by atoms with Gasteiger partial charge in [0.25, 0.3) is 5.91 Å². The van der Waals surface area contributed by atoms with Gasteiger partial charge in [0.1, 0.15) is 10.8 Å². The van der Waals surface area contributed by atoms with E-state index in [1.165, 1.54) is 0 Å². The standard InChI is InChI=1S/C27H23N3O2S/c1-17(2)14-19-15-22-25(16-28-19)33-27(30-22)20-10-6-7-11-21(20)29-26(31)24-13-12-23(32-24)18-8-4-3-5-9-18/h3-13,15-17H,14H2,1-2H3,(H,29,31). The third-order valence-electron chi connectivity index (χ3n) is 5.24. The monoisotopic (exact) mass is 453 g/mol. The van der Waals surface area contributed by atoms with E-state index in [0.717, 1.165) is 38.5 Å². The van der Waals surface area contributed by atoms with Crippen LogP contribution in [0, 0.1) is 5.92 Å². The van der Waals surface area contributed by atoms with Gasteiger partial charge >= 0.3 is 0 Å². The number of fused-ring (bicyclic) bond motifs is 1. The molecule has 2 aromatic carbocycles. The van der Waals surface area contributed by atoms with Crippen molar-refractivity contribution in [2.24, 2.45) is 5.92 Å². The van der Waals surface area contributed by atoms with Crippen LogP contribution in [0.15, 0.2) is 83.4 Å². The predicted octanol–water partition coefficient (Wildman–Crippen LogP) is 7.07. The third kappa shape index (κ3) is 4.56. The van der Waals surface area contributed by atoms with Crippen molar-refractivity contribution in [3.05, 3.63) is 90.4 Å². The van der Waals surface area contributed by atoms with E-state index in [9.17, 15) is 4.79 Å². The van der Waals surface area contributed by atoms with Crippen molar-refractivity contribution in [3.63, 3.8) is 0 Å². The van der Waals surface area contributed by atoms with Crippen molar-refractivity contribution >= 4 is 33.1 Å². The molecule has 3 aromatic heterocycles. The lowest BCUT2D eigenvalue weighted by Crippen LogP contribution is -2.11. The number of thiazole rings is 1. The number of nitrogens with zero attached hydrogens (tertiary/aromatic N) is 2. The molecule has 0 aliphatic heterocycles. The summed E-state index contributed by atoms with van der Waals surface area (Å²) in [6, 6.07) is 23.0. The average molecular weight is 454 g/mol. The van der Waals surface area contributed by atoms with E-state index in [-0.39, 0.29) is 11.7 Å². The maximum absolute atomic E-state index is 12.9. The quantitative estimate of drug-likeness (QED) is 0.299. The first-order valence-electron chi connectivity index (χ1n) is 10.9. The molecular weight excluding hydrogens is 430 g/mol. The van der Waals surface area contributed by atoms with E-state index in [4.69, 9.17) is 9.40 Å². The Morgan fingerprint density at radius 3 is 2.64 bits per heavy atom. The van der Waals surface area contributed by atoms with Gasteiger partial charge in [0, 0.05) is 23.0 Å². The summed E-state index contributed by atoms with van der Waals surface area (Å²) in [5.41, 5.74) is 4.46. The Morgan fingerprint density at radius 2 is 1.82 bits per heavy atom. The first-order valence-corrected chi connectivity index (χ1v) is 11.7. The number of hydrogen-bond donors (Lipinski definition) is 1. The summed E-state index contributed by atoms with van der Waals surface area (Å²) in [7, 11) is 0. The number of carbonyl (C=O) groups is 1. The summed E-state index contributed by atoms with van der Waals surface area (Å²) in [5.74, 6) is 1.15. The molecule has 0 unspecified atom stereocenters. The minimum Gasteiger partial charge on any atom is -0.451 e. The number of pyridine rings is 1. The van der Waals surface area contributed by atoms with Crippen molar-refractivity contribution < 1.29 is 9.21 Å². The van der Waals surface area contributed by atoms with Gasteiger partial charge in [-0.2, -0.15) is 0 Å². The maximum Gasteiger partial charge on any atom is 0.291 e. The lowest BCUT2D eigenvalue weighted by molar-refractivity contribution is 0.0997. The minimum atomic E-state index is -0.299. The van der Waals surface area contributed by atoms with Crippen LogP contribution in [0.5, 0.6) is 0 Å². The second-order valence-electron chi connectivity index (χ2n) is 8.29. The van der Waals surface area contributed by atoms with Crippen molar-refractivity contribution in [1.82, 2.24) is 9.97 Å². The largest absolute Gasteiger partial charge is 0.451 e. The van der Waals surface area contributed by atoms with Crippen LogP contribution in [0.3, 0.4) is 0 Å². The Labute approximate surface area is 196 Å². The van der Waals surface area contributed by atoms with Crippen LogP contribution in [0.25, 0.3) is 32.1 Å². The smallest absolute Gasteiger partial charge is 0.291 e. The van der Waals surface area contributed by atoms with Crippen LogP contribution in [0.2, 0.25) is 0 Å². The molecule has 1 amide bonds. The normalized spacial score (nSPS) is 11.2.